The molecule has 0 unspecified atom stereocenters. The zero-order chi connectivity index (χ0) is 12.3. The third kappa shape index (κ3) is 2.33. The number of nitrogens with two attached hydrogens (primary N) is 1. The highest BCUT2D eigenvalue weighted by molar-refractivity contribution is 5.93. The number of carbonyl (C=O) groups excluding carboxylic acids is 1. The SMILES string of the molecule is NC(=O)C#Cc1ccc(F)c(C(=O)O)c1F. The summed E-state index contributed by atoms with van der Waals surface area (Å²) < 4.78 is 26.3. The van der Waals surface area contributed by atoms with E-state index in [-0.39, 0.29) is 0 Å². The minimum absolute atomic E-state index is 0.405. The molecule has 1 aromatic rings. The lowest BCUT2D eigenvalue weighted by Gasteiger charge is -2.00. The lowest BCUT2D eigenvalue weighted by molar-refractivity contribution is -0.112. The van der Waals surface area contributed by atoms with Crippen molar-refractivity contribution in [1.29, 1.82) is 0 Å². The maximum atomic E-state index is 13.4. The van der Waals surface area contributed by atoms with Crippen molar-refractivity contribution >= 4 is 11.9 Å². The van der Waals surface area contributed by atoms with Crippen molar-refractivity contribution in [3.05, 3.63) is 34.9 Å². The van der Waals surface area contributed by atoms with Gasteiger partial charge in [0.25, 0.3) is 5.91 Å². The number of benzene rings is 1. The number of carboxylic acids is 1. The number of carbonyl (C=O) groups is 2. The van der Waals surface area contributed by atoms with Gasteiger partial charge >= 0.3 is 5.97 Å². The van der Waals surface area contributed by atoms with E-state index in [4.69, 9.17) is 10.8 Å². The summed E-state index contributed by atoms with van der Waals surface area (Å²) in [5, 5.41) is 8.53. The van der Waals surface area contributed by atoms with Gasteiger partial charge in [0.15, 0.2) is 5.82 Å². The topological polar surface area (TPSA) is 80.4 Å². The van der Waals surface area contributed by atoms with Crippen molar-refractivity contribution in [2.24, 2.45) is 5.73 Å². The van der Waals surface area contributed by atoms with Crippen LogP contribution < -0.4 is 5.73 Å². The van der Waals surface area contributed by atoms with Gasteiger partial charge in [-0.25, -0.2) is 13.6 Å². The minimum Gasteiger partial charge on any atom is -0.477 e. The Morgan fingerprint density at radius 2 is 1.94 bits per heavy atom. The van der Waals surface area contributed by atoms with Crippen molar-refractivity contribution in [2.45, 2.75) is 0 Å². The molecule has 82 valence electrons. The summed E-state index contributed by atoms with van der Waals surface area (Å²) in [6, 6.07) is 1.67. The van der Waals surface area contributed by atoms with Gasteiger partial charge in [0.1, 0.15) is 11.4 Å². The van der Waals surface area contributed by atoms with Gasteiger partial charge in [-0.15, -0.1) is 0 Å². The summed E-state index contributed by atoms with van der Waals surface area (Å²) in [7, 11) is 0. The van der Waals surface area contributed by atoms with E-state index >= 15 is 0 Å². The van der Waals surface area contributed by atoms with Crippen molar-refractivity contribution in [3.63, 3.8) is 0 Å². The Balaban J connectivity index is 3.36. The third-order valence-electron chi connectivity index (χ3n) is 1.63. The Morgan fingerprint density at radius 1 is 1.31 bits per heavy atom. The first-order valence-electron chi connectivity index (χ1n) is 3.96. The second-order valence-electron chi connectivity index (χ2n) is 2.70. The molecule has 0 spiro atoms. The standard InChI is InChI=1S/C10H5F2NO3/c11-6-3-1-5(2-4-7(13)14)9(12)8(6)10(15)16/h1,3H,(H2,13,14)(H,15,16). The van der Waals surface area contributed by atoms with E-state index in [1.54, 1.807) is 0 Å². The maximum Gasteiger partial charge on any atom is 0.341 e. The molecule has 16 heavy (non-hydrogen) atoms. The van der Waals surface area contributed by atoms with E-state index < -0.39 is 34.6 Å². The Labute approximate surface area is 88.7 Å². The number of primary amides is 1. The fraction of sp³-hybridized carbons (Fsp3) is 0. The summed E-state index contributed by atoms with van der Waals surface area (Å²) in [5.41, 5.74) is 3.17. The maximum absolute atomic E-state index is 13.4. The highest BCUT2D eigenvalue weighted by Gasteiger charge is 2.18. The number of amides is 1. The molecule has 0 aliphatic heterocycles. The van der Waals surface area contributed by atoms with Gasteiger partial charge in [-0.05, 0) is 12.1 Å². The zero-order valence-corrected chi connectivity index (χ0v) is 7.75. The molecule has 0 radical (unpaired) electrons. The first-order chi connectivity index (χ1) is 7.43. The normalized spacial score (nSPS) is 9.12. The molecule has 1 aromatic carbocycles. The fourth-order valence-electron chi connectivity index (χ4n) is 0.974. The second-order valence-corrected chi connectivity index (χ2v) is 2.70. The average Bonchev–Trinajstić information content (AvgIpc) is 2.15. The van der Waals surface area contributed by atoms with E-state index in [9.17, 15) is 18.4 Å². The Kier molecular flexibility index (Phi) is 3.20. The summed E-state index contributed by atoms with van der Waals surface area (Å²) >= 11 is 0. The molecule has 3 N–H and O–H groups in total. The Hall–Kier alpha value is -2.42. The predicted octanol–water partition coefficient (Wildman–Crippen LogP) is 0.500. The van der Waals surface area contributed by atoms with Crippen LogP contribution in [-0.2, 0) is 4.79 Å². The average molecular weight is 225 g/mol. The highest BCUT2D eigenvalue weighted by atomic mass is 19.1. The van der Waals surface area contributed by atoms with Crippen LogP contribution in [0.15, 0.2) is 12.1 Å². The van der Waals surface area contributed by atoms with Gasteiger partial charge in [-0.2, -0.15) is 0 Å². The predicted molar refractivity (Wildman–Crippen MR) is 49.4 cm³/mol. The van der Waals surface area contributed by atoms with Gasteiger partial charge in [0, 0.05) is 5.92 Å². The summed E-state index contributed by atoms with van der Waals surface area (Å²) in [5.74, 6) is -1.47. The van der Waals surface area contributed by atoms with Crippen LogP contribution in [0, 0.1) is 23.5 Å². The van der Waals surface area contributed by atoms with Crippen molar-refractivity contribution in [3.8, 4) is 11.8 Å². The highest BCUT2D eigenvalue weighted by Crippen LogP contribution is 2.16. The third-order valence-corrected chi connectivity index (χ3v) is 1.63. The Bertz CT molecular complexity index is 529. The summed E-state index contributed by atoms with van der Waals surface area (Å²) in [4.78, 5) is 20.8. The van der Waals surface area contributed by atoms with Gasteiger partial charge in [0.05, 0.1) is 5.56 Å². The monoisotopic (exact) mass is 225 g/mol. The number of rotatable bonds is 1. The van der Waals surface area contributed by atoms with Crippen molar-refractivity contribution in [1.82, 2.24) is 0 Å². The lowest BCUT2D eigenvalue weighted by atomic mass is 10.1. The molecule has 4 nitrogen and oxygen atoms in total. The molecule has 0 heterocycles. The smallest absolute Gasteiger partial charge is 0.341 e. The second kappa shape index (κ2) is 4.40. The molecular weight excluding hydrogens is 220 g/mol. The van der Waals surface area contributed by atoms with Crippen LogP contribution >= 0.6 is 0 Å². The molecule has 1 rings (SSSR count). The first-order valence-corrected chi connectivity index (χ1v) is 3.96. The molecule has 0 fully saturated rings. The van der Waals surface area contributed by atoms with Crippen LogP contribution in [0.4, 0.5) is 8.78 Å². The lowest BCUT2D eigenvalue weighted by Crippen LogP contribution is -2.08. The van der Waals surface area contributed by atoms with E-state index in [0.29, 0.717) is 0 Å². The van der Waals surface area contributed by atoms with E-state index in [1.165, 1.54) is 0 Å². The zero-order valence-electron chi connectivity index (χ0n) is 7.75. The van der Waals surface area contributed by atoms with Crippen LogP contribution in [0.1, 0.15) is 15.9 Å². The van der Waals surface area contributed by atoms with Crippen LogP contribution in [0.2, 0.25) is 0 Å². The molecular formula is C10H5F2NO3. The van der Waals surface area contributed by atoms with Crippen LogP contribution in [-0.4, -0.2) is 17.0 Å². The molecule has 6 heteroatoms. The summed E-state index contributed by atoms with van der Waals surface area (Å²) in [6.45, 7) is 0. The minimum atomic E-state index is -1.75. The molecule has 0 saturated carbocycles. The molecule has 0 saturated heterocycles. The van der Waals surface area contributed by atoms with Crippen LogP contribution in [0.25, 0.3) is 0 Å². The molecule has 0 aliphatic rings. The molecule has 0 aromatic heterocycles. The van der Waals surface area contributed by atoms with Gasteiger partial charge in [-0.3, -0.25) is 4.79 Å². The first kappa shape index (κ1) is 11.7. The van der Waals surface area contributed by atoms with E-state index in [2.05, 4.69) is 0 Å². The largest absolute Gasteiger partial charge is 0.477 e. The molecule has 0 aliphatic carbocycles. The molecule has 0 atom stereocenters. The molecule has 0 bridgehead atoms. The number of aromatic carboxylic acids is 1. The van der Waals surface area contributed by atoms with Crippen LogP contribution in [0.3, 0.4) is 0 Å². The van der Waals surface area contributed by atoms with Crippen molar-refractivity contribution in [2.75, 3.05) is 0 Å². The molecule has 1 amide bonds. The number of carboxylic acid groups (broad SMARTS) is 1. The van der Waals surface area contributed by atoms with Crippen molar-refractivity contribution < 1.29 is 23.5 Å². The number of halogens is 2. The Morgan fingerprint density at radius 3 is 2.44 bits per heavy atom. The quantitative estimate of drug-likeness (QED) is 0.683. The van der Waals surface area contributed by atoms with E-state index in [0.717, 1.165) is 12.1 Å². The van der Waals surface area contributed by atoms with Crippen LogP contribution in [0.5, 0.6) is 0 Å². The number of hydrogen-bond acceptors (Lipinski definition) is 2. The van der Waals surface area contributed by atoms with E-state index in [1.807, 2.05) is 11.8 Å². The number of hydrogen-bond donors (Lipinski definition) is 2. The summed E-state index contributed by atoms with van der Waals surface area (Å²) in [6.07, 6.45) is 0. The van der Waals surface area contributed by atoms with Gasteiger partial charge < -0.3 is 10.8 Å². The van der Waals surface area contributed by atoms with Gasteiger partial charge in [-0.1, -0.05) is 5.92 Å². The fourth-order valence-corrected chi connectivity index (χ4v) is 0.974. The van der Waals surface area contributed by atoms with Gasteiger partial charge in [0.2, 0.25) is 0 Å².